The molecule has 0 saturated carbocycles. The fourth-order valence-corrected chi connectivity index (χ4v) is 11.9. The van der Waals surface area contributed by atoms with Crippen LogP contribution in [0.4, 0.5) is 0 Å². The predicted molar refractivity (Wildman–Crippen MR) is 349 cm³/mol. The van der Waals surface area contributed by atoms with Gasteiger partial charge < -0.3 is 4.42 Å². The molecule has 0 spiro atoms. The lowest BCUT2D eigenvalue weighted by Crippen LogP contribution is -2.06. The van der Waals surface area contributed by atoms with E-state index in [1.165, 1.54) is 0 Å². The summed E-state index contributed by atoms with van der Waals surface area (Å²) < 4.78 is 8.88. The van der Waals surface area contributed by atoms with E-state index in [1.54, 1.807) is 0 Å². The summed E-state index contributed by atoms with van der Waals surface area (Å²) in [6.45, 7) is 0. The van der Waals surface area contributed by atoms with Crippen molar-refractivity contribution in [2.24, 2.45) is 0 Å². The second-order valence-corrected chi connectivity index (χ2v) is 21.5. The molecule has 16 aromatic rings. The van der Waals surface area contributed by atoms with Crippen molar-refractivity contribution < 1.29 is 4.42 Å². The Hall–Kier alpha value is -11.7. The van der Waals surface area contributed by atoms with Crippen molar-refractivity contribution in [2.45, 2.75) is 0 Å². The number of rotatable bonds is 11. The van der Waals surface area contributed by atoms with Crippen molar-refractivity contribution in [3.63, 3.8) is 0 Å². The number of nitrogens with zero attached hydrogens (tertiary/aromatic N) is 7. The summed E-state index contributed by atoms with van der Waals surface area (Å²) >= 11 is 0. The molecule has 0 radical (unpaired) electrons. The Morgan fingerprint density at radius 1 is 0.221 bits per heavy atom. The van der Waals surface area contributed by atoms with Gasteiger partial charge in [-0.1, -0.05) is 231 Å². The molecule has 8 heteroatoms. The number of hydrogen-bond donors (Lipinski definition) is 0. The molecule has 0 aliphatic heterocycles. The molecule has 0 bridgehead atoms. The van der Waals surface area contributed by atoms with E-state index in [1.807, 2.05) is 121 Å². The summed E-state index contributed by atoms with van der Waals surface area (Å²) in [5, 5.41) is 4.17. The van der Waals surface area contributed by atoms with Crippen LogP contribution in [0.1, 0.15) is 0 Å². The average molecular weight is 1100 g/mol. The van der Waals surface area contributed by atoms with Crippen molar-refractivity contribution in [2.75, 3.05) is 0 Å². The van der Waals surface area contributed by atoms with Crippen LogP contribution in [0.25, 0.3) is 162 Å². The van der Waals surface area contributed by atoms with Crippen molar-refractivity contribution in [3.8, 4) is 119 Å². The van der Waals surface area contributed by atoms with Crippen LogP contribution >= 0.6 is 0 Å². The van der Waals surface area contributed by atoms with Gasteiger partial charge in [-0.05, 0) is 122 Å². The zero-order chi connectivity index (χ0) is 56.9. The first-order chi connectivity index (χ1) is 42.6. The van der Waals surface area contributed by atoms with Gasteiger partial charge in [-0.15, -0.1) is 0 Å². The van der Waals surface area contributed by atoms with E-state index in [2.05, 4.69) is 180 Å². The van der Waals surface area contributed by atoms with E-state index in [-0.39, 0.29) is 0 Å². The van der Waals surface area contributed by atoms with Crippen molar-refractivity contribution in [1.29, 1.82) is 0 Å². The molecular weight excluding hydrogens is 1050 g/mol. The average Bonchev–Trinajstić information content (AvgIpc) is 1.87. The Morgan fingerprint density at radius 3 is 1.05 bits per heavy atom. The maximum Gasteiger partial charge on any atom is 0.238 e. The molecule has 0 aliphatic carbocycles. The van der Waals surface area contributed by atoms with Crippen LogP contribution in [0.2, 0.25) is 0 Å². The quantitative estimate of drug-likeness (QED) is 0.127. The van der Waals surface area contributed by atoms with Crippen molar-refractivity contribution in [3.05, 3.63) is 297 Å². The van der Waals surface area contributed by atoms with Gasteiger partial charge in [-0.3, -0.25) is 4.57 Å². The molecule has 0 aliphatic rings. The van der Waals surface area contributed by atoms with Crippen LogP contribution in [-0.4, -0.2) is 34.5 Å². The molecule has 16 rings (SSSR count). The third kappa shape index (κ3) is 9.24. The van der Waals surface area contributed by atoms with Crippen LogP contribution in [-0.2, 0) is 0 Å². The Labute approximate surface area is 495 Å². The zero-order valence-electron chi connectivity index (χ0n) is 46.3. The van der Waals surface area contributed by atoms with Gasteiger partial charge in [0.25, 0.3) is 0 Å². The zero-order valence-corrected chi connectivity index (χ0v) is 46.3. The lowest BCUT2D eigenvalue weighted by molar-refractivity contribution is 0.669. The molecule has 4 heterocycles. The van der Waals surface area contributed by atoms with E-state index in [0.717, 1.165) is 127 Å². The second kappa shape index (κ2) is 21.2. The minimum absolute atomic E-state index is 0.530. The number of aromatic nitrogens is 7. The molecule has 4 aromatic heterocycles. The minimum Gasteiger partial charge on any atom is -0.456 e. The first-order valence-corrected chi connectivity index (χ1v) is 28.7. The lowest BCUT2D eigenvalue weighted by Gasteiger charge is -2.12. The third-order valence-corrected chi connectivity index (χ3v) is 16.1. The molecule has 0 N–H and O–H groups in total. The number of fused-ring (bicyclic) bond motifs is 6. The van der Waals surface area contributed by atoms with E-state index < -0.39 is 0 Å². The highest BCUT2D eigenvalue weighted by molar-refractivity contribution is 6.15. The molecule has 0 saturated heterocycles. The monoisotopic (exact) mass is 1100 g/mol. The first-order valence-electron chi connectivity index (χ1n) is 28.7. The Kier molecular flexibility index (Phi) is 12.3. The Balaban J connectivity index is 0.864. The van der Waals surface area contributed by atoms with E-state index >= 15 is 0 Å². The number of hydrogen-bond acceptors (Lipinski definition) is 7. The van der Waals surface area contributed by atoms with Crippen LogP contribution in [0.5, 0.6) is 0 Å². The van der Waals surface area contributed by atoms with E-state index in [9.17, 15) is 0 Å². The number of benzene rings is 12. The van der Waals surface area contributed by atoms with Crippen LogP contribution in [0, 0.1) is 0 Å². The van der Waals surface area contributed by atoms with E-state index in [4.69, 9.17) is 34.3 Å². The van der Waals surface area contributed by atoms with Gasteiger partial charge in [-0.25, -0.2) is 19.9 Å². The second-order valence-electron chi connectivity index (χ2n) is 21.5. The molecular formula is C78H49N7O. The summed E-state index contributed by atoms with van der Waals surface area (Å²) in [5.41, 5.74) is 19.1. The maximum absolute atomic E-state index is 6.69. The molecule has 8 nitrogen and oxygen atoms in total. The van der Waals surface area contributed by atoms with Gasteiger partial charge in [-0.2, -0.15) is 9.97 Å². The summed E-state index contributed by atoms with van der Waals surface area (Å²) in [6, 6.07) is 103. The molecule has 0 atom stereocenters. The van der Waals surface area contributed by atoms with Gasteiger partial charge in [0.15, 0.2) is 29.1 Å². The highest BCUT2D eigenvalue weighted by Gasteiger charge is 2.22. The molecule has 12 aromatic carbocycles. The summed E-state index contributed by atoms with van der Waals surface area (Å²) in [5.74, 6) is 3.54. The fourth-order valence-electron chi connectivity index (χ4n) is 11.9. The molecule has 86 heavy (non-hydrogen) atoms. The molecule has 0 fully saturated rings. The first kappa shape index (κ1) is 50.0. The van der Waals surface area contributed by atoms with Gasteiger partial charge in [0.2, 0.25) is 5.95 Å². The number of furan rings is 1. The highest BCUT2D eigenvalue weighted by atomic mass is 16.3. The van der Waals surface area contributed by atoms with Crippen LogP contribution in [0.15, 0.2) is 302 Å². The smallest absolute Gasteiger partial charge is 0.238 e. The third-order valence-electron chi connectivity index (χ3n) is 16.1. The van der Waals surface area contributed by atoms with Crippen LogP contribution in [0.3, 0.4) is 0 Å². The topological polar surface area (TPSA) is 95.4 Å². The van der Waals surface area contributed by atoms with E-state index in [0.29, 0.717) is 35.1 Å². The van der Waals surface area contributed by atoms with Gasteiger partial charge in [0.05, 0.1) is 11.0 Å². The Bertz CT molecular complexity index is 5030. The fraction of sp³-hybridized carbons (Fsp3) is 0. The molecule has 402 valence electrons. The largest absolute Gasteiger partial charge is 0.456 e. The standard InChI is InChI=1S/C78H49N7O/c1-7-21-50(22-8-1)61-44-62(51-23-9-2-10-24-51)46-63(45-61)58-38-41-69-66(48-58)65-47-56(37-40-68(65)85(69)78-83-75(54-29-15-5-16-30-54)82-76(84-78)55-31-17-6-18-32-55)57-39-42-70-67(49-57)72-64(35-20-36-71(72)86-70)59-33-19-34-60(43-59)77-80-73(52-25-11-3-12-26-52)79-74(81-77)53-27-13-4-14-28-53/h1-49H. The van der Waals surface area contributed by atoms with Gasteiger partial charge in [0, 0.05) is 49.4 Å². The predicted octanol–water partition coefficient (Wildman–Crippen LogP) is 19.7. The summed E-state index contributed by atoms with van der Waals surface area (Å²) in [4.78, 5) is 30.8. The SMILES string of the molecule is c1ccc(-c2cc(-c3ccccc3)cc(-c3ccc4c(c3)c3cc(-c5ccc6oc7cccc(-c8cccc(-c9nc(-c%10ccccc%10)nc(-c%10ccccc%10)n9)c8)c7c6c5)ccc3n4-c3nc(-c4ccccc4)nc(-c4ccccc4)n3)c2)cc1. The highest BCUT2D eigenvalue weighted by Crippen LogP contribution is 2.43. The Morgan fingerprint density at radius 2 is 0.570 bits per heavy atom. The normalized spacial score (nSPS) is 11.5. The molecule has 0 unspecified atom stereocenters. The lowest BCUT2D eigenvalue weighted by atomic mass is 9.92. The minimum atomic E-state index is 0.530. The summed E-state index contributed by atoms with van der Waals surface area (Å²) in [7, 11) is 0. The van der Waals surface area contributed by atoms with Gasteiger partial charge >= 0.3 is 0 Å². The maximum atomic E-state index is 6.69. The molecule has 0 amide bonds. The van der Waals surface area contributed by atoms with Crippen molar-refractivity contribution >= 4 is 43.7 Å². The summed E-state index contributed by atoms with van der Waals surface area (Å²) in [6.07, 6.45) is 0. The van der Waals surface area contributed by atoms with Crippen molar-refractivity contribution in [1.82, 2.24) is 34.5 Å². The van der Waals surface area contributed by atoms with Crippen LogP contribution < -0.4 is 0 Å². The van der Waals surface area contributed by atoms with Gasteiger partial charge in [0.1, 0.15) is 11.2 Å².